The summed E-state index contributed by atoms with van der Waals surface area (Å²) < 4.78 is 10.5. The third-order valence-electron chi connectivity index (χ3n) is 6.77. The van der Waals surface area contributed by atoms with Gasteiger partial charge < -0.3 is 24.8 Å². The van der Waals surface area contributed by atoms with E-state index in [1.54, 1.807) is 26.3 Å². The van der Waals surface area contributed by atoms with Crippen molar-refractivity contribution in [3.8, 4) is 5.75 Å². The van der Waals surface area contributed by atoms with Gasteiger partial charge in [0.1, 0.15) is 11.6 Å². The smallest absolute Gasteiger partial charge is 0.339 e. The number of piperidine rings is 1. The van der Waals surface area contributed by atoms with Crippen molar-refractivity contribution in [2.45, 2.75) is 63.6 Å². The van der Waals surface area contributed by atoms with Crippen LogP contribution in [0.25, 0.3) is 0 Å². The second kappa shape index (κ2) is 10.9. The minimum Gasteiger partial charge on any atom is -0.496 e. The molecule has 3 heterocycles. The van der Waals surface area contributed by atoms with Crippen LogP contribution in [0.1, 0.15) is 65.3 Å². The molecule has 8 heteroatoms. The van der Waals surface area contributed by atoms with Crippen LogP contribution in [0.2, 0.25) is 0 Å². The summed E-state index contributed by atoms with van der Waals surface area (Å²) in [6, 6.07) is 9.83. The first-order valence-electron chi connectivity index (χ1n) is 12.0. The lowest BCUT2D eigenvalue weighted by molar-refractivity contribution is 0.0525. The molecule has 2 aliphatic rings. The van der Waals surface area contributed by atoms with Crippen molar-refractivity contribution in [1.29, 1.82) is 0 Å². The van der Waals surface area contributed by atoms with Gasteiger partial charge >= 0.3 is 5.97 Å². The topological polar surface area (TPSA) is 101 Å². The van der Waals surface area contributed by atoms with E-state index in [9.17, 15) is 14.7 Å². The first-order valence-corrected chi connectivity index (χ1v) is 12.0. The third kappa shape index (κ3) is 5.01. The van der Waals surface area contributed by atoms with Crippen LogP contribution in [0, 0.1) is 0 Å². The zero-order valence-corrected chi connectivity index (χ0v) is 19.8. The summed E-state index contributed by atoms with van der Waals surface area (Å²) in [7, 11) is 1.60. The molecule has 0 saturated carbocycles. The molecule has 2 aromatic rings. The van der Waals surface area contributed by atoms with Crippen LogP contribution in [0.15, 0.2) is 36.5 Å². The number of nitrogens with one attached hydrogen (secondary N) is 1. The van der Waals surface area contributed by atoms with Gasteiger partial charge in [-0.3, -0.25) is 4.79 Å². The van der Waals surface area contributed by atoms with Crippen LogP contribution >= 0.6 is 0 Å². The molecule has 182 valence electrons. The highest BCUT2D eigenvalue weighted by atomic mass is 16.5. The number of carbonyl (C=O) groups is 2. The number of esters is 1. The van der Waals surface area contributed by atoms with E-state index >= 15 is 0 Å². The maximum Gasteiger partial charge on any atom is 0.339 e. The number of amides is 1. The van der Waals surface area contributed by atoms with E-state index in [1.807, 2.05) is 24.3 Å². The molecule has 2 bridgehead atoms. The number of pyridine rings is 1. The zero-order valence-electron chi connectivity index (χ0n) is 19.8. The van der Waals surface area contributed by atoms with Crippen LogP contribution in [0.5, 0.6) is 5.75 Å². The fraction of sp³-hybridized carbons (Fsp3) is 0.500. The number of nitrogens with zero attached hydrogens (tertiary/aromatic N) is 2. The number of carbonyl (C=O) groups excluding carboxylic acids is 2. The van der Waals surface area contributed by atoms with Crippen LogP contribution in [0.4, 0.5) is 5.82 Å². The van der Waals surface area contributed by atoms with Crippen molar-refractivity contribution in [1.82, 2.24) is 10.3 Å². The quantitative estimate of drug-likeness (QED) is 0.547. The van der Waals surface area contributed by atoms with E-state index < -0.39 is 0 Å². The predicted molar refractivity (Wildman–Crippen MR) is 128 cm³/mol. The maximum absolute atomic E-state index is 13.2. The Kier molecular flexibility index (Phi) is 7.67. The summed E-state index contributed by atoms with van der Waals surface area (Å²) in [6.07, 6.45) is 6.54. The molecule has 2 N–H and O–H groups in total. The van der Waals surface area contributed by atoms with Crippen LogP contribution in [0.3, 0.4) is 0 Å². The number of fused-ring (bicyclic) bond motifs is 2. The van der Waals surface area contributed by atoms with Crippen molar-refractivity contribution >= 4 is 17.7 Å². The Labute approximate surface area is 200 Å². The van der Waals surface area contributed by atoms with Crippen molar-refractivity contribution in [2.75, 3.05) is 25.2 Å². The average molecular weight is 468 g/mol. The predicted octanol–water partition coefficient (Wildman–Crippen LogP) is 3.12. The molecule has 0 aliphatic carbocycles. The number of rotatable bonds is 9. The molecule has 2 aliphatic heterocycles. The SMILES string of the molecule is CCOC(=O)c1ccc(N2[C@@H]3CC[C@H]2C[C@@H](NC(=O)c2cccc(OC)c2CCCO)C3)nc1. The fourth-order valence-corrected chi connectivity index (χ4v) is 5.29. The highest BCUT2D eigenvalue weighted by Gasteiger charge is 2.42. The second-order valence-electron chi connectivity index (χ2n) is 8.87. The van der Waals surface area contributed by atoms with Crippen LogP contribution in [-0.2, 0) is 11.2 Å². The first kappa shape index (κ1) is 24.0. The van der Waals surface area contributed by atoms with Gasteiger partial charge in [-0.15, -0.1) is 0 Å². The number of aliphatic hydroxyl groups excluding tert-OH is 1. The number of hydrogen-bond donors (Lipinski definition) is 2. The van der Waals surface area contributed by atoms with Crippen molar-refractivity contribution < 1.29 is 24.2 Å². The number of ether oxygens (including phenoxy) is 2. The highest BCUT2D eigenvalue weighted by Crippen LogP contribution is 2.38. The molecule has 0 radical (unpaired) electrons. The fourth-order valence-electron chi connectivity index (χ4n) is 5.29. The molecular weight excluding hydrogens is 434 g/mol. The molecule has 0 spiro atoms. The van der Waals surface area contributed by atoms with E-state index in [0.717, 1.165) is 37.1 Å². The van der Waals surface area contributed by atoms with Crippen LogP contribution in [-0.4, -0.2) is 60.4 Å². The van der Waals surface area contributed by atoms with E-state index in [4.69, 9.17) is 9.47 Å². The van der Waals surface area contributed by atoms with E-state index in [1.165, 1.54) is 0 Å². The van der Waals surface area contributed by atoms with E-state index in [0.29, 0.717) is 48.4 Å². The molecule has 1 aromatic carbocycles. The van der Waals surface area contributed by atoms with Gasteiger partial charge in [0, 0.05) is 42.1 Å². The van der Waals surface area contributed by atoms with Gasteiger partial charge in [0.05, 0.1) is 19.3 Å². The summed E-state index contributed by atoms with van der Waals surface area (Å²) in [5.41, 5.74) is 1.90. The van der Waals surface area contributed by atoms with E-state index in [-0.39, 0.29) is 24.5 Å². The number of aromatic nitrogens is 1. The van der Waals surface area contributed by atoms with Crippen molar-refractivity contribution in [3.63, 3.8) is 0 Å². The molecule has 8 nitrogen and oxygen atoms in total. The number of benzene rings is 1. The number of hydrogen-bond acceptors (Lipinski definition) is 7. The molecule has 0 unspecified atom stereocenters. The molecule has 1 amide bonds. The van der Waals surface area contributed by atoms with Gasteiger partial charge in [-0.1, -0.05) is 6.07 Å². The number of methoxy groups -OCH3 is 1. The summed E-state index contributed by atoms with van der Waals surface area (Å²) in [4.78, 5) is 32.0. The van der Waals surface area contributed by atoms with Gasteiger partial charge in [-0.25, -0.2) is 9.78 Å². The third-order valence-corrected chi connectivity index (χ3v) is 6.77. The first-order chi connectivity index (χ1) is 16.5. The monoisotopic (exact) mass is 467 g/mol. The Bertz CT molecular complexity index is 996. The largest absolute Gasteiger partial charge is 0.496 e. The van der Waals surface area contributed by atoms with Crippen molar-refractivity contribution in [3.05, 3.63) is 53.2 Å². The lowest BCUT2D eigenvalue weighted by Crippen LogP contribution is -2.50. The van der Waals surface area contributed by atoms with Crippen LogP contribution < -0.4 is 15.0 Å². The Balaban J connectivity index is 1.43. The van der Waals surface area contributed by atoms with Gasteiger partial charge in [0.15, 0.2) is 0 Å². The maximum atomic E-state index is 13.2. The number of aliphatic hydroxyl groups is 1. The molecule has 1 aromatic heterocycles. The van der Waals surface area contributed by atoms with Crippen molar-refractivity contribution in [2.24, 2.45) is 0 Å². The molecule has 3 atom stereocenters. The normalized spacial score (nSPS) is 21.3. The van der Waals surface area contributed by atoms with Gasteiger partial charge in [-0.2, -0.15) is 0 Å². The Hall–Kier alpha value is -3.13. The second-order valence-corrected chi connectivity index (χ2v) is 8.87. The molecule has 2 saturated heterocycles. The summed E-state index contributed by atoms with van der Waals surface area (Å²) >= 11 is 0. The Morgan fingerprint density at radius 1 is 1.18 bits per heavy atom. The standard InChI is InChI=1S/C26H33N3O5/c1-3-34-26(32)17-9-12-24(27-16-17)29-19-10-11-20(29)15-18(14-19)28-25(31)22-6-4-8-23(33-2)21(22)7-5-13-30/h4,6,8-9,12,16,18-20,30H,3,5,7,10-11,13-15H2,1-2H3,(H,28,31)/t18-,19+,20-. The molecule has 34 heavy (non-hydrogen) atoms. The lowest BCUT2D eigenvalue weighted by atomic mass is 9.95. The van der Waals surface area contributed by atoms with Gasteiger partial charge in [-0.05, 0) is 69.7 Å². The molecule has 2 fully saturated rings. The highest BCUT2D eigenvalue weighted by molar-refractivity contribution is 5.96. The summed E-state index contributed by atoms with van der Waals surface area (Å²) in [5.74, 6) is 1.08. The number of anilines is 1. The zero-order chi connectivity index (χ0) is 24.1. The Morgan fingerprint density at radius 3 is 2.56 bits per heavy atom. The minimum absolute atomic E-state index is 0.0652. The summed E-state index contributed by atoms with van der Waals surface area (Å²) in [5, 5.41) is 12.5. The minimum atomic E-state index is -0.359. The lowest BCUT2D eigenvalue weighted by Gasteiger charge is -2.40. The van der Waals surface area contributed by atoms with Gasteiger partial charge in [0.25, 0.3) is 5.91 Å². The Morgan fingerprint density at radius 2 is 1.94 bits per heavy atom. The van der Waals surface area contributed by atoms with Gasteiger partial charge in [0.2, 0.25) is 0 Å². The average Bonchev–Trinajstić information content (AvgIpc) is 3.12. The van der Waals surface area contributed by atoms with E-state index in [2.05, 4.69) is 15.2 Å². The molecule has 4 rings (SSSR count). The summed E-state index contributed by atoms with van der Waals surface area (Å²) in [6.45, 7) is 2.18. The molecular formula is C26H33N3O5.